The predicted octanol–water partition coefficient (Wildman–Crippen LogP) is -2.00. The molecular weight excluding hydrogens is 736 g/mol. The fraction of sp³-hybridized carbons (Fsp3) is 0.368. The Morgan fingerprint density at radius 1 is 0.614 bits per heavy atom. The van der Waals surface area contributed by atoms with Crippen LogP contribution in [0.5, 0.6) is 5.75 Å². The number of phenols is 1. The van der Waals surface area contributed by atoms with Crippen LogP contribution in [0.15, 0.2) is 76.7 Å². The SMILES string of the molecule is CC(=O)N[C@H](Cc1ccc2ccccc2c1)C(=O)NCC(=O)N[C@H](Cc1ccc(O)cc1)C(=O)N[C@H](CCCN=C(N)N)C(=O)N[C@@H](CCCN=C(N)N)C(N)=O. The molecule has 3 aromatic rings. The highest BCUT2D eigenvalue weighted by Gasteiger charge is 2.30. The lowest BCUT2D eigenvalue weighted by Gasteiger charge is -2.25. The molecule has 306 valence electrons. The summed E-state index contributed by atoms with van der Waals surface area (Å²) in [4.78, 5) is 86.0. The minimum atomic E-state index is -1.29. The van der Waals surface area contributed by atoms with Crippen molar-refractivity contribution in [1.82, 2.24) is 26.6 Å². The van der Waals surface area contributed by atoms with E-state index in [1.165, 1.54) is 19.1 Å². The number of aromatic hydroxyl groups is 1. The maximum atomic E-state index is 13.9. The molecule has 0 aliphatic carbocycles. The number of aliphatic imine (C=N–C) groups is 2. The van der Waals surface area contributed by atoms with Gasteiger partial charge in [-0.05, 0) is 59.7 Å². The average Bonchev–Trinajstić information content (AvgIpc) is 3.15. The lowest BCUT2D eigenvalue weighted by atomic mass is 10.0. The van der Waals surface area contributed by atoms with Gasteiger partial charge < -0.3 is 60.4 Å². The Bertz CT molecular complexity index is 1930. The van der Waals surface area contributed by atoms with E-state index in [1.807, 2.05) is 42.5 Å². The number of nitrogens with one attached hydrogen (secondary N) is 5. The average molecular weight is 789 g/mol. The van der Waals surface area contributed by atoms with Gasteiger partial charge in [-0.15, -0.1) is 0 Å². The second-order valence-corrected chi connectivity index (χ2v) is 13.3. The molecule has 0 aromatic heterocycles. The van der Waals surface area contributed by atoms with E-state index in [9.17, 15) is 33.9 Å². The van der Waals surface area contributed by atoms with E-state index < -0.39 is 66.2 Å². The van der Waals surface area contributed by atoms with E-state index in [4.69, 9.17) is 28.7 Å². The monoisotopic (exact) mass is 788 g/mol. The van der Waals surface area contributed by atoms with Crippen molar-refractivity contribution in [2.75, 3.05) is 19.6 Å². The predicted molar refractivity (Wildman–Crippen MR) is 215 cm³/mol. The molecule has 4 atom stereocenters. The third-order valence-corrected chi connectivity index (χ3v) is 8.58. The number of hydrogen-bond donors (Lipinski definition) is 11. The van der Waals surface area contributed by atoms with Gasteiger partial charge in [0.25, 0.3) is 0 Å². The lowest BCUT2D eigenvalue weighted by Crippen LogP contribution is -2.57. The first-order chi connectivity index (χ1) is 27.1. The first kappa shape index (κ1) is 44.5. The van der Waals surface area contributed by atoms with Crippen LogP contribution in [0.25, 0.3) is 10.8 Å². The van der Waals surface area contributed by atoms with Crippen LogP contribution < -0.4 is 55.3 Å². The molecule has 57 heavy (non-hydrogen) atoms. The Balaban J connectivity index is 1.76. The summed E-state index contributed by atoms with van der Waals surface area (Å²) in [6.07, 6.45) is 0.716. The van der Waals surface area contributed by atoms with E-state index in [1.54, 1.807) is 12.1 Å². The number of benzene rings is 3. The minimum absolute atomic E-state index is 0.0194. The van der Waals surface area contributed by atoms with Crippen molar-refractivity contribution in [2.45, 2.75) is 69.6 Å². The number of guanidine groups is 2. The Morgan fingerprint density at radius 3 is 1.74 bits per heavy atom. The highest BCUT2D eigenvalue weighted by atomic mass is 16.3. The largest absolute Gasteiger partial charge is 0.508 e. The third-order valence-electron chi connectivity index (χ3n) is 8.58. The molecule has 19 heteroatoms. The van der Waals surface area contributed by atoms with Crippen LogP contribution >= 0.6 is 0 Å². The van der Waals surface area contributed by atoms with Crippen molar-refractivity contribution in [3.05, 3.63) is 77.9 Å². The zero-order valence-electron chi connectivity index (χ0n) is 31.7. The van der Waals surface area contributed by atoms with Crippen LogP contribution in [0.3, 0.4) is 0 Å². The fourth-order valence-corrected chi connectivity index (χ4v) is 5.78. The summed E-state index contributed by atoms with van der Waals surface area (Å²) in [6, 6.07) is 14.6. The molecule has 3 aromatic carbocycles. The normalized spacial score (nSPS) is 12.8. The summed E-state index contributed by atoms with van der Waals surface area (Å²) in [7, 11) is 0. The number of phenolic OH excluding ortho intramolecular Hbond substituents is 1. The summed E-state index contributed by atoms with van der Waals surface area (Å²) >= 11 is 0. The molecule has 0 fully saturated rings. The summed E-state index contributed by atoms with van der Waals surface area (Å²) < 4.78 is 0. The summed E-state index contributed by atoms with van der Waals surface area (Å²) in [5.41, 5.74) is 28.4. The standard InChI is InChI=1S/C38H52N12O7/c1-22(51)47-30(20-24-10-13-25-6-2-3-7-26(25)18-24)34(55)46-21-32(53)48-31(19-23-11-14-27(52)15-12-23)36(57)50-29(9-5-17-45-38(42)43)35(56)49-28(33(39)54)8-4-16-44-37(40)41/h2-3,6-7,10-15,18,28-31,52H,4-5,8-9,16-17,19-21H2,1H3,(H2,39,54)(H,46,55)(H,47,51)(H,48,53)(H,49,56)(H,50,57)(H4,40,41,44)(H4,42,43,45)/t28-,29+,30+,31+/m0/s1. The van der Waals surface area contributed by atoms with E-state index in [0.717, 1.165) is 16.3 Å². The van der Waals surface area contributed by atoms with Crippen LogP contribution in [-0.4, -0.2) is 96.3 Å². The highest BCUT2D eigenvalue weighted by Crippen LogP contribution is 2.17. The third kappa shape index (κ3) is 16.1. The molecule has 0 radical (unpaired) electrons. The molecule has 19 nitrogen and oxygen atoms in total. The summed E-state index contributed by atoms with van der Waals surface area (Å²) in [5, 5.41) is 24.7. The fourth-order valence-electron chi connectivity index (χ4n) is 5.78. The van der Waals surface area contributed by atoms with Gasteiger partial charge in [0.05, 0.1) is 6.54 Å². The van der Waals surface area contributed by atoms with Crippen molar-refractivity contribution in [2.24, 2.45) is 38.7 Å². The van der Waals surface area contributed by atoms with Gasteiger partial charge in [0.15, 0.2) is 11.9 Å². The van der Waals surface area contributed by atoms with E-state index >= 15 is 0 Å². The zero-order chi connectivity index (χ0) is 41.9. The van der Waals surface area contributed by atoms with Crippen LogP contribution in [0.4, 0.5) is 0 Å². The summed E-state index contributed by atoms with van der Waals surface area (Å²) in [6.45, 7) is 1.01. The number of carbonyl (C=O) groups excluding carboxylic acids is 6. The van der Waals surface area contributed by atoms with Gasteiger partial charge in [-0.3, -0.25) is 38.8 Å². The number of nitrogens with zero attached hydrogens (tertiary/aromatic N) is 2. The highest BCUT2D eigenvalue weighted by molar-refractivity contribution is 5.95. The van der Waals surface area contributed by atoms with Gasteiger partial charge in [0.1, 0.15) is 29.9 Å². The molecule has 0 heterocycles. The first-order valence-electron chi connectivity index (χ1n) is 18.2. The number of amides is 6. The van der Waals surface area contributed by atoms with Gasteiger partial charge in [-0.2, -0.15) is 0 Å². The smallest absolute Gasteiger partial charge is 0.243 e. The maximum Gasteiger partial charge on any atom is 0.243 e. The van der Waals surface area contributed by atoms with E-state index in [-0.39, 0.29) is 62.9 Å². The van der Waals surface area contributed by atoms with E-state index in [0.29, 0.717) is 12.0 Å². The Morgan fingerprint density at radius 2 is 1.14 bits per heavy atom. The zero-order valence-corrected chi connectivity index (χ0v) is 31.7. The lowest BCUT2D eigenvalue weighted by molar-refractivity contribution is -0.133. The van der Waals surface area contributed by atoms with Gasteiger partial charge in [0.2, 0.25) is 35.4 Å². The van der Waals surface area contributed by atoms with Gasteiger partial charge >= 0.3 is 0 Å². The number of fused-ring (bicyclic) bond motifs is 1. The second kappa shape index (κ2) is 22.5. The molecule has 16 N–H and O–H groups in total. The number of primary amides is 1. The maximum absolute atomic E-state index is 13.9. The second-order valence-electron chi connectivity index (χ2n) is 13.3. The van der Waals surface area contributed by atoms with Crippen LogP contribution in [-0.2, 0) is 41.6 Å². The van der Waals surface area contributed by atoms with Crippen molar-refractivity contribution in [3.63, 3.8) is 0 Å². The number of nitrogens with two attached hydrogens (primary N) is 5. The van der Waals surface area contributed by atoms with Crippen LogP contribution in [0, 0.1) is 0 Å². The van der Waals surface area contributed by atoms with Gasteiger partial charge in [-0.1, -0.05) is 54.6 Å². The van der Waals surface area contributed by atoms with Crippen molar-refractivity contribution in [3.8, 4) is 5.75 Å². The van der Waals surface area contributed by atoms with Crippen molar-refractivity contribution < 1.29 is 33.9 Å². The van der Waals surface area contributed by atoms with Crippen LogP contribution in [0.1, 0.15) is 43.7 Å². The van der Waals surface area contributed by atoms with Crippen LogP contribution in [0.2, 0.25) is 0 Å². The first-order valence-corrected chi connectivity index (χ1v) is 18.2. The minimum Gasteiger partial charge on any atom is -0.508 e. The Hall–Kier alpha value is -6.92. The van der Waals surface area contributed by atoms with Gasteiger partial charge in [-0.25, -0.2) is 0 Å². The number of rotatable bonds is 22. The van der Waals surface area contributed by atoms with Crippen molar-refractivity contribution in [1.29, 1.82) is 0 Å². The quantitative estimate of drug-likeness (QED) is 0.0300. The molecule has 6 amide bonds. The Labute approximate surface area is 329 Å². The topological polar surface area (TPSA) is 338 Å². The number of hydrogen-bond acceptors (Lipinski definition) is 9. The molecule has 3 rings (SSSR count). The molecule has 0 aliphatic heterocycles. The Kier molecular flexibility index (Phi) is 17.5. The summed E-state index contributed by atoms with van der Waals surface area (Å²) in [5.74, 6) is -4.51. The molecule has 0 spiro atoms. The molecule has 0 saturated heterocycles. The number of carbonyl (C=O) groups is 6. The molecular formula is C38H52N12O7. The molecule has 0 unspecified atom stereocenters. The van der Waals surface area contributed by atoms with E-state index in [2.05, 4.69) is 36.6 Å². The van der Waals surface area contributed by atoms with Gasteiger partial charge in [0, 0.05) is 32.9 Å². The molecule has 0 bridgehead atoms. The molecule has 0 aliphatic rings. The van der Waals surface area contributed by atoms with Crippen molar-refractivity contribution >= 4 is 58.1 Å². The molecule has 0 saturated carbocycles.